The highest BCUT2D eigenvalue weighted by atomic mass is 31.1. The van der Waals surface area contributed by atoms with Gasteiger partial charge in [0.2, 0.25) is 0 Å². The minimum absolute atomic E-state index is 0.0197. The molecule has 0 N–H and O–H groups in total. The molecule has 3 fully saturated rings. The van der Waals surface area contributed by atoms with Crippen LogP contribution in [0.3, 0.4) is 0 Å². The third kappa shape index (κ3) is 0.659. The first-order valence-corrected chi connectivity index (χ1v) is 8.65. The van der Waals surface area contributed by atoms with Crippen LogP contribution in [0.5, 0.6) is 0 Å². The van der Waals surface area contributed by atoms with Crippen LogP contribution >= 0.6 is 7.92 Å². The lowest BCUT2D eigenvalue weighted by atomic mass is 9.65. The third-order valence-corrected chi connectivity index (χ3v) is 12.8. The Morgan fingerprint density at radius 2 is 1.19 bits per heavy atom. The Morgan fingerprint density at radius 3 is 1.48 bits per heavy atom. The molecule has 0 aromatic carbocycles. The van der Waals surface area contributed by atoms with Crippen molar-refractivity contribution in [3.8, 4) is 0 Å². The maximum atomic E-state index is 12.7. The number of rotatable bonds is 2. The summed E-state index contributed by atoms with van der Waals surface area (Å²) in [6.07, 6.45) is 0. The van der Waals surface area contributed by atoms with Crippen LogP contribution in [0.2, 0.25) is 0 Å². The van der Waals surface area contributed by atoms with Crippen LogP contribution in [-0.2, 0) is 19.1 Å². The minimum Gasteiger partial charge on any atom is -0.468 e. The van der Waals surface area contributed by atoms with Crippen molar-refractivity contribution in [2.75, 3.05) is 14.2 Å². The van der Waals surface area contributed by atoms with E-state index in [0.717, 1.165) is 0 Å². The van der Waals surface area contributed by atoms with E-state index in [1.807, 2.05) is 0 Å². The standard InChI is InChI=1S/C16H21O4P/c1-8-9(2)13(4)14(5)12(8,3)15(10(17)19-6)16(13,21(14)15)11(18)20-7/h1-7H3/t12?,13?,14?,15-,16+,21?. The molecular formula is C16H21O4P. The second-order valence-electron chi connectivity index (χ2n) is 7.31. The molecule has 21 heavy (non-hydrogen) atoms. The van der Waals surface area contributed by atoms with Gasteiger partial charge < -0.3 is 9.47 Å². The predicted molar refractivity (Wildman–Crippen MR) is 79.4 cm³/mol. The molecule has 5 heteroatoms. The van der Waals surface area contributed by atoms with E-state index in [2.05, 4.69) is 34.6 Å². The second-order valence-corrected chi connectivity index (χ2v) is 10.2. The number of esters is 2. The lowest BCUT2D eigenvalue weighted by molar-refractivity contribution is -0.152. The van der Waals surface area contributed by atoms with E-state index < -0.39 is 18.2 Å². The summed E-state index contributed by atoms with van der Waals surface area (Å²) < 4.78 is 10.3. The fourth-order valence-corrected chi connectivity index (χ4v) is 13.2. The lowest BCUT2D eigenvalue weighted by Gasteiger charge is -2.63. The number of carbonyl (C=O) groups is 2. The number of fused-ring (bicyclic) bond motifs is 3. The van der Waals surface area contributed by atoms with Crippen molar-refractivity contribution < 1.29 is 19.1 Å². The molecule has 0 saturated carbocycles. The first-order chi connectivity index (χ1) is 9.64. The zero-order valence-corrected chi connectivity index (χ0v) is 14.5. The van der Waals surface area contributed by atoms with E-state index in [4.69, 9.17) is 9.47 Å². The maximum Gasteiger partial charge on any atom is 0.318 e. The molecule has 0 amide bonds. The van der Waals surface area contributed by atoms with Gasteiger partial charge in [0.1, 0.15) is 10.3 Å². The second kappa shape index (κ2) is 2.95. The summed E-state index contributed by atoms with van der Waals surface area (Å²) in [4.78, 5) is 25.4. The first-order valence-electron chi connectivity index (χ1n) is 7.30. The number of allylic oxidation sites excluding steroid dienone is 2. The molecule has 3 aliphatic heterocycles. The molecule has 0 aromatic rings. The van der Waals surface area contributed by atoms with Gasteiger partial charge in [-0.25, -0.2) is 0 Å². The monoisotopic (exact) mass is 308 g/mol. The molecule has 114 valence electrons. The van der Waals surface area contributed by atoms with Crippen molar-refractivity contribution in [2.24, 2.45) is 10.8 Å². The minimum atomic E-state index is -0.713. The first kappa shape index (κ1) is 13.8. The zero-order valence-electron chi connectivity index (χ0n) is 13.6. The van der Waals surface area contributed by atoms with Crippen molar-refractivity contribution in [2.45, 2.75) is 50.1 Å². The Balaban J connectivity index is 2.06. The van der Waals surface area contributed by atoms with Crippen LogP contribution in [0.4, 0.5) is 0 Å². The summed E-state index contributed by atoms with van der Waals surface area (Å²) in [5.74, 6) is -0.427. The zero-order chi connectivity index (χ0) is 15.8. The third-order valence-electron chi connectivity index (χ3n) is 8.01. The summed E-state index contributed by atoms with van der Waals surface area (Å²) in [5, 5.41) is -1.28. The highest BCUT2D eigenvalue weighted by Gasteiger charge is 3.19. The van der Waals surface area contributed by atoms with E-state index in [1.54, 1.807) is 0 Å². The molecule has 1 aliphatic carbocycles. The van der Waals surface area contributed by atoms with Gasteiger partial charge in [0.25, 0.3) is 0 Å². The van der Waals surface area contributed by atoms with Crippen LogP contribution in [0.15, 0.2) is 11.1 Å². The molecule has 0 bridgehead atoms. The van der Waals surface area contributed by atoms with E-state index >= 15 is 0 Å². The molecule has 3 saturated heterocycles. The summed E-state index contributed by atoms with van der Waals surface area (Å²) >= 11 is 0. The molecule has 4 unspecified atom stereocenters. The van der Waals surface area contributed by atoms with Gasteiger partial charge in [-0.05, 0) is 13.8 Å². The molecule has 4 nitrogen and oxygen atoms in total. The van der Waals surface area contributed by atoms with Crippen molar-refractivity contribution in [1.82, 2.24) is 0 Å². The molecule has 0 aromatic heterocycles. The van der Waals surface area contributed by atoms with Crippen molar-refractivity contribution >= 4 is 19.9 Å². The normalized spacial score (nSPS) is 58.0. The number of ether oxygens (including phenoxy) is 2. The number of methoxy groups -OCH3 is 2. The van der Waals surface area contributed by atoms with Gasteiger partial charge in [0.05, 0.1) is 14.2 Å². The molecular weight excluding hydrogens is 287 g/mol. The highest BCUT2D eigenvalue weighted by molar-refractivity contribution is 7.78. The van der Waals surface area contributed by atoms with Crippen LogP contribution in [0, 0.1) is 10.8 Å². The summed E-state index contributed by atoms with van der Waals surface area (Å²) in [6, 6.07) is 0. The Morgan fingerprint density at radius 1 is 0.857 bits per heavy atom. The van der Waals surface area contributed by atoms with Gasteiger partial charge in [-0.15, -0.1) is 0 Å². The molecule has 0 radical (unpaired) electrons. The van der Waals surface area contributed by atoms with Crippen LogP contribution in [-0.4, -0.2) is 41.6 Å². The fourth-order valence-electron chi connectivity index (χ4n) is 6.95. The van der Waals surface area contributed by atoms with E-state index in [0.29, 0.717) is 0 Å². The van der Waals surface area contributed by atoms with Crippen molar-refractivity contribution in [1.29, 1.82) is 0 Å². The summed E-state index contributed by atoms with van der Waals surface area (Å²) in [6.45, 7) is 10.8. The topological polar surface area (TPSA) is 52.6 Å². The predicted octanol–water partition coefficient (Wildman–Crippen LogP) is 2.45. The van der Waals surface area contributed by atoms with E-state index in [1.165, 1.54) is 25.4 Å². The Bertz CT molecular complexity index is 630. The van der Waals surface area contributed by atoms with Gasteiger partial charge in [-0.1, -0.05) is 39.8 Å². The highest BCUT2D eigenvalue weighted by Crippen LogP contribution is 3.21. The van der Waals surface area contributed by atoms with Crippen LogP contribution in [0.1, 0.15) is 34.6 Å². The Hall–Kier alpha value is -0.890. The quantitative estimate of drug-likeness (QED) is 0.447. The fraction of sp³-hybridized carbons (Fsp3) is 0.750. The smallest absolute Gasteiger partial charge is 0.318 e. The average molecular weight is 308 g/mol. The van der Waals surface area contributed by atoms with Crippen molar-refractivity contribution in [3.63, 3.8) is 0 Å². The Kier molecular flexibility index (Phi) is 1.93. The van der Waals surface area contributed by atoms with Gasteiger partial charge in [0.15, 0.2) is 0 Å². The summed E-state index contributed by atoms with van der Waals surface area (Å²) in [7, 11) is 2.14. The van der Waals surface area contributed by atoms with E-state index in [9.17, 15) is 9.59 Å². The largest absolute Gasteiger partial charge is 0.468 e. The average Bonchev–Trinajstić information content (AvgIpc) is 3.05. The van der Waals surface area contributed by atoms with Gasteiger partial charge in [-0.3, -0.25) is 9.59 Å². The van der Waals surface area contributed by atoms with E-state index in [-0.39, 0.29) is 27.9 Å². The van der Waals surface area contributed by atoms with Gasteiger partial charge in [0, 0.05) is 16.0 Å². The van der Waals surface area contributed by atoms with Gasteiger partial charge >= 0.3 is 11.9 Å². The molecule has 0 spiro atoms. The molecule has 4 rings (SSSR count). The number of hydrogen-bond acceptors (Lipinski definition) is 4. The molecule has 3 heterocycles. The Labute approximate surface area is 126 Å². The van der Waals surface area contributed by atoms with Crippen molar-refractivity contribution in [3.05, 3.63) is 11.1 Å². The van der Waals surface area contributed by atoms with Gasteiger partial charge in [-0.2, -0.15) is 0 Å². The lowest BCUT2D eigenvalue weighted by Crippen LogP contribution is -2.62. The van der Waals surface area contributed by atoms with Crippen LogP contribution in [0.25, 0.3) is 0 Å². The number of hydrogen-bond donors (Lipinski definition) is 0. The SMILES string of the molecule is COC(=O)[C@]12P3C4(C)C1(C)C(C)=C(C)C4(C)[C@@]32C(=O)OC. The maximum absolute atomic E-state index is 12.7. The number of carbonyl (C=O) groups excluding carboxylic acids is 2. The molecule has 6 atom stereocenters. The van der Waals surface area contributed by atoms with Crippen LogP contribution < -0.4 is 0 Å². The summed E-state index contributed by atoms with van der Waals surface area (Å²) in [5.41, 5.74) is 2.00. The molecule has 4 aliphatic rings.